The lowest BCUT2D eigenvalue weighted by molar-refractivity contribution is 0.229. The van der Waals surface area contributed by atoms with Crippen LogP contribution in [0.5, 0.6) is 5.75 Å². The third-order valence-corrected chi connectivity index (χ3v) is 5.13. The van der Waals surface area contributed by atoms with E-state index in [0.717, 1.165) is 42.0 Å². The Morgan fingerprint density at radius 3 is 2.43 bits per heavy atom. The largest absolute Gasteiger partial charge is 0.494 e. The number of hydrogen-bond donors (Lipinski definition) is 0. The molecule has 30 heavy (non-hydrogen) atoms. The molecule has 160 valence electrons. The second-order valence-corrected chi connectivity index (χ2v) is 7.68. The monoisotopic (exact) mass is 406 g/mol. The highest BCUT2D eigenvalue weighted by atomic mass is 16.5. The molecule has 0 amide bonds. The van der Waals surface area contributed by atoms with E-state index in [-0.39, 0.29) is 0 Å². The van der Waals surface area contributed by atoms with Gasteiger partial charge < -0.3 is 14.1 Å². The molecule has 0 N–H and O–H groups in total. The predicted molar refractivity (Wildman–Crippen MR) is 126 cm³/mol. The topological polar surface area (TPSA) is 38.5 Å². The van der Waals surface area contributed by atoms with E-state index >= 15 is 0 Å². The van der Waals surface area contributed by atoms with Crippen molar-refractivity contribution >= 4 is 23.3 Å². The number of hydrogen-bond acceptors (Lipinski definition) is 4. The minimum atomic E-state index is 0.613. The summed E-state index contributed by atoms with van der Waals surface area (Å²) in [6.45, 7) is 8.77. The van der Waals surface area contributed by atoms with Crippen molar-refractivity contribution in [2.45, 2.75) is 46.0 Å². The molecule has 1 heterocycles. The minimum absolute atomic E-state index is 0.613. The van der Waals surface area contributed by atoms with Crippen molar-refractivity contribution in [1.29, 1.82) is 0 Å². The first-order chi connectivity index (χ1) is 14.8. The maximum absolute atomic E-state index is 6.01. The van der Waals surface area contributed by atoms with Crippen molar-refractivity contribution in [2.75, 3.05) is 26.2 Å². The lowest BCUT2D eigenvalue weighted by atomic mass is 10.2. The molecular formula is C26H34N2O2. The fraction of sp³-hybridized carbons (Fsp3) is 0.423. The molecule has 0 atom stereocenters. The van der Waals surface area contributed by atoms with Crippen LogP contribution in [-0.4, -0.2) is 36.1 Å². The van der Waals surface area contributed by atoms with Gasteiger partial charge in [0.25, 0.3) is 0 Å². The van der Waals surface area contributed by atoms with Gasteiger partial charge in [0, 0.05) is 12.6 Å². The quantitative estimate of drug-likeness (QED) is 0.297. The second kappa shape index (κ2) is 12.2. The third-order valence-electron chi connectivity index (χ3n) is 5.13. The number of nitrogens with zero attached hydrogens (tertiary/aromatic N) is 2. The maximum Gasteiger partial charge on any atom is 0.220 e. The Labute approximate surface area is 180 Å². The molecule has 4 nitrogen and oxygen atoms in total. The van der Waals surface area contributed by atoms with E-state index in [1.165, 1.54) is 38.8 Å². The van der Waals surface area contributed by atoms with Gasteiger partial charge in [0.15, 0.2) is 5.58 Å². The van der Waals surface area contributed by atoms with Gasteiger partial charge in [0.2, 0.25) is 5.89 Å². The Balaban J connectivity index is 1.48. The van der Waals surface area contributed by atoms with Crippen molar-refractivity contribution in [2.24, 2.45) is 0 Å². The van der Waals surface area contributed by atoms with Crippen molar-refractivity contribution in [1.82, 2.24) is 9.88 Å². The van der Waals surface area contributed by atoms with E-state index in [0.29, 0.717) is 5.89 Å². The molecule has 0 radical (unpaired) electrons. The molecule has 0 fully saturated rings. The number of oxazole rings is 1. The van der Waals surface area contributed by atoms with Crippen molar-refractivity contribution in [3.63, 3.8) is 0 Å². The van der Waals surface area contributed by atoms with Gasteiger partial charge in [-0.15, -0.1) is 0 Å². The van der Waals surface area contributed by atoms with Gasteiger partial charge >= 0.3 is 0 Å². The summed E-state index contributed by atoms with van der Waals surface area (Å²) in [5, 5.41) is 0. The van der Waals surface area contributed by atoms with E-state index in [1.54, 1.807) is 0 Å². The van der Waals surface area contributed by atoms with Crippen LogP contribution in [0, 0.1) is 0 Å². The smallest absolute Gasteiger partial charge is 0.220 e. The number of fused-ring (bicyclic) bond motifs is 1. The molecule has 0 saturated heterocycles. The Kier molecular flexibility index (Phi) is 8.98. The van der Waals surface area contributed by atoms with Crippen molar-refractivity contribution < 1.29 is 9.15 Å². The summed E-state index contributed by atoms with van der Waals surface area (Å²) in [6.07, 6.45) is 10.0. The lowest BCUT2D eigenvalue weighted by Crippen LogP contribution is -2.28. The summed E-state index contributed by atoms with van der Waals surface area (Å²) in [5.74, 6) is 1.52. The highest BCUT2D eigenvalue weighted by Gasteiger charge is 2.04. The molecule has 0 bridgehead atoms. The molecule has 3 aromatic rings. The molecule has 0 saturated carbocycles. The molecule has 0 unspecified atom stereocenters. The van der Waals surface area contributed by atoms with Gasteiger partial charge in [-0.25, -0.2) is 4.98 Å². The summed E-state index contributed by atoms with van der Waals surface area (Å²) in [4.78, 5) is 7.06. The molecule has 2 aromatic carbocycles. The van der Waals surface area contributed by atoms with Crippen LogP contribution >= 0.6 is 0 Å². The van der Waals surface area contributed by atoms with Crippen LogP contribution in [0.1, 0.15) is 57.4 Å². The number of para-hydroxylation sites is 2. The molecule has 4 heteroatoms. The summed E-state index contributed by atoms with van der Waals surface area (Å²) in [7, 11) is 0. The van der Waals surface area contributed by atoms with E-state index in [2.05, 4.69) is 35.9 Å². The standard InChI is InChI=1S/C26H34N2O2/c1-3-5-17-28(18-6-4-2)19-10-20-29-23-12-9-11-22(21-23)15-16-26-27-24-13-7-8-14-25(24)30-26/h7-9,11-16,21H,3-6,10,17-20H2,1-2H3/b16-15+. The normalized spacial score (nSPS) is 11.7. The Hall–Kier alpha value is -2.59. The Morgan fingerprint density at radius 1 is 0.900 bits per heavy atom. The summed E-state index contributed by atoms with van der Waals surface area (Å²) >= 11 is 0. The molecule has 1 aromatic heterocycles. The lowest BCUT2D eigenvalue weighted by Gasteiger charge is -2.21. The molecule has 0 aliphatic rings. The first kappa shape index (κ1) is 22.1. The number of aromatic nitrogens is 1. The highest BCUT2D eigenvalue weighted by Crippen LogP contribution is 2.19. The fourth-order valence-electron chi connectivity index (χ4n) is 3.41. The van der Waals surface area contributed by atoms with E-state index < -0.39 is 0 Å². The van der Waals surface area contributed by atoms with E-state index in [9.17, 15) is 0 Å². The number of ether oxygens (including phenoxy) is 1. The fourth-order valence-corrected chi connectivity index (χ4v) is 3.41. The average Bonchev–Trinajstić information content (AvgIpc) is 3.20. The summed E-state index contributed by atoms with van der Waals surface area (Å²) < 4.78 is 11.8. The third kappa shape index (κ3) is 7.03. The zero-order valence-corrected chi connectivity index (χ0v) is 18.3. The average molecular weight is 407 g/mol. The van der Waals surface area contributed by atoms with Crippen LogP contribution in [0.4, 0.5) is 0 Å². The molecule has 0 aliphatic carbocycles. The van der Waals surface area contributed by atoms with Crippen LogP contribution in [0.25, 0.3) is 23.3 Å². The Bertz CT molecular complexity index is 875. The first-order valence-electron chi connectivity index (χ1n) is 11.3. The molecule has 0 spiro atoms. The SMILES string of the molecule is CCCCN(CCCC)CCCOc1cccc(/C=C/c2nc3ccccc3o2)c1. The van der Waals surface area contributed by atoms with Gasteiger partial charge in [-0.1, -0.05) is 51.0 Å². The van der Waals surface area contributed by atoms with E-state index in [1.807, 2.05) is 48.6 Å². The number of unbranched alkanes of at least 4 members (excludes halogenated alkanes) is 2. The second-order valence-electron chi connectivity index (χ2n) is 7.68. The van der Waals surface area contributed by atoms with E-state index in [4.69, 9.17) is 9.15 Å². The van der Waals surface area contributed by atoms with Gasteiger partial charge in [-0.3, -0.25) is 0 Å². The van der Waals surface area contributed by atoms with Gasteiger partial charge in [0.05, 0.1) is 6.61 Å². The molecule has 0 aliphatic heterocycles. The van der Waals surface area contributed by atoms with Crippen LogP contribution in [-0.2, 0) is 0 Å². The van der Waals surface area contributed by atoms with Crippen molar-refractivity contribution in [3.8, 4) is 5.75 Å². The highest BCUT2D eigenvalue weighted by molar-refractivity contribution is 5.76. The zero-order valence-electron chi connectivity index (χ0n) is 18.3. The summed E-state index contributed by atoms with van der Waals surface area (Å²) in [6, 6.07) is 16.0. The maximum atomic E-state index is 6.01. The van der Waals surface area contributed by atoms with Crippen LogP contribution < -0.4 is 4.74 Å². The van der Waals surface area contributed by atoms with Gasteiger partial charge in [0.1, 0.15) is 11.3 Å². The Morgan fingerprint density at radius 2 is 1.67 bits per heavy atom. The van der Waals surface area contributed by atoms with Crippen LogP contribution in [0.15, 0.2) is 52.9 Å². The molecule has 3 rings (SSSR count). The minimum Gasteiger partial charge on any atom is -0.494 e. The number of rotatable bonds is 13. The first-order valence-corrected chi connectivity index (χ1v) is 11.3. The van der Waals surface area contributed by atoms with Crippen LogP contribution in [0.3, 0.4) is 0 Å². The molecular weight excluding hydrogens is 372 g/mol. The zero-order chi connectivity index (χ0) is 21.0. The van der Waals surface area contributed by atoms with Crippen LogP contribution in [0.2, 0.25) is 0 Å². The van der Waals surface area contributed by atoms with Gasteiger partial charge in [-0.05, 0) is 68.3 Å². The van der Waals surface area contributed by atoms with Crippen molar-refractivity contribution in [3.05, 3.63) is 60.0 Å². The number of benzene rings is 2. The van der Waals surface area contributed by atoms with Gasteiger partial charge in [-0.2, -0.15) is 0 Å². The summed E-state index contributed by atoms with van der Waals surface area (Å²) in [5.41, 5.74) is 2.75. The predicted octanol–water partition coefficient (Wildman–Crippen LogP) is 6.67.